The van der Waals surface area contributed by atoms with Gasteiger partial charge >= 0.3 is 0 Å². The van der Waals surface area contributed by atoms with Crippen molar-refractivity contribution in [1.82, 2.24) is 4.90 Å². The van der Waals surface area contributed by atoms with Gasteiger partial charge in [-0.05, 0) is 31.0 Å². The standard InChI is InChI=1S/C15H17N3O3/c1-11(19)13-7-9-17(10-13)15(6-8-16)12-2-4-14(5-3-12)18(20)21/h2-6,11,13,19H,7,9-10H2,1H3/b15-6+. The molecule has 0 amide bonds. The molecule has 110 valence electrons. The molecule has 1 aromatic carbocycles. The van der Waals surface area contributed by atoms with Crippen molar-refractivity contribution >= 4 is 11.4 Å². The Hall–Kier alpha value is -2.39. The number of nitriles is 1. The van der Waals surface area contributed by atoms with Crippen LogP contribution in [0.5, 0.6) is 0 Å². The highest BCUT2D eigenvalue weighted by molar-refractivity contribution is 5.67. The predicted octanol–water partition coefficient (Wildman–Crippen LogP) is 2.16. The highest BCUT2D eigenvalue weighted by Crippen LogP contribution is 2.29. The lowest BCUT2D eigenvalue weighted by atomic mass is 10.0. The van der Waals surface area contributed by atoms with Gasteiger partial charge in [0, 0.05) is 37.2 Å². The molecule has 0 aliphatic carbocycles. The van der Waals surface area contributed by atoms with Gasteiger partial charge in [0.25, 0.3) is 5.69 Å². The van der Waals surface area contributed by atoms with Crippen molar-refractivity contribution in [3.8, 4) is 6.07 Å². The normalized spacial score (nSPS) is 20.1. The number of rotatable bonds is 4. The molecule has 1 saturated heterocycles. The van der Waals surface area contributed by atoms with Crippen LogP contribution in [0.3, 0.4) is 0 Å². The minimum Gasteiger partial charge on any atom is -0.393 e. The molecular formula is C15H17N3O3. The molecule has 1 aliphatic rings. The van der Waals surface area contributed by atoms with Crippen LogP contribution < -0.4 is 0 Å². The van der Waals surface area contributed by atoms with Crippen LogP contribution in [0.1, 0.15) is 18.9 Å². The third kappa shape index (κ3) is 3.38. The monoisotopic (exact) mass is 287 g/mol. The SMILES string of the molecule is CC(O)C1CCN(/C(=C/C#N)c2ccc([N+](=O)[O-])cc2)C1. The molecule has 21 heavy (non-hydrogen) atoms. The first-order chi connectivity index (χ1) is 10.0. The molecule has 1 aromatic rings. The topological polar surface area (TPSA) is 90.4 Å². The van der Waals surface area contributed by atoms with Gasteiger partial charge in [-0.2, -0.15) is 5.26 Å². The van der Waals surface area contributed by atoms with Crippen LogP contribution in [0, 0.1) is 27.4 Å². The maximum atomic E-state index is 10.7. The van der Waals surface area contributed by atoms with E-state index in [9.17, 15) is 15.2 Å². The molecule has 1 heterocycles. The number of likely N-dealkylation sites (tertiary alicyclic amines) is 1. The van der Waals surface area contributed by atoms with Crippen LogP contribution in [-0.2, 0) is 0 Å². The lowest BCUT2D eigenvalue weighted by Crippen LogP contribution is -2.23. The fraction of sp³-hybridized carbons (Fsp3) is 0.400. The fourth-order valence-corrected chi connectivity index (χ4v) is 2.57. The summed E-state index contributed by atoms with van der Waals surface area (Å²) in [5.41, 5.74) is 1.54. The maximum Gasteiger partial charge on any atom is 0.269 e. The van der Waals surface area contributed by atoms with Gasteiger partial charge in [-0.3, -0.25) is 10.1 Å². The van der Waals surface area contributed by atoms with Crippen LogP contribution in [0.2, 0.25) is 0 Å². The van der Waals surface area contributed by atoms with Gasteiger partial charge in [-0.15, -0.1) is 0 Å². The first-order valence-corrected chi connectivity index (χ1v) is 6.80. The van der Waals surface area contributed by atoms with Gasteiger partial charge in [0.1, 0.15) is 0 Å². The van der Waals surface area contributed by atoms with E-state index in [0.29, 0.717) is 6.54 Å². The molecule has 6 heteroatoms. The van der Waals surface area contributed by atoms with E-state index in [1.165, 1.54) is 18.2 Å². The average Bonchev–Trinajstić information content (AvgIpc) is 2.94. The van der Waals surface area contributed by atoms with Crippen LogP contribution in [0.4, 0.5) is 5.69 Å². The molecule has 1 aliphatic heterocycles. The van der Waals surface area contributed by atoms with Crippen molar-refractivity contribution in [2.45, 2.75) is 19.4 Å². The van der Waals surface area contributed by atoms with Gasteiger partial charge in [-0.1, -0.05) is 0 Å². The zero-order valence-electron chi connectivity index (χ0n) is 11.8. The summed E-state index contributed by atoms with van der Waals surface area (Å²) in [6.45, 7) is 3.22. The summed E-state index contributed by atoms with van der Waals surface area (Å²) in [5, 5.41) is 29.3. The van der Waals surface area contributed by atoms with E-state index in [0.717, 1.165) is 24.2 Å². The first-order valence-electron chi connectivity index (χ1n) is 6.80. The van der Waals surface area contributed by atoms with Crippen molar-refractivity contribution in [2.24, 2.45) is 5.92 Å². The Morgan fingerprint density at radius 2 is 2.24 bits per heavy atom. The van der Waals surface area contributed by atoms with E-state index >= 15 is 0 Å². The highest BCUT2D eigenvalue weighted by atomic mass is 16.6. The molecule has 0 spiro atoms. The minimum atomic E-state index is -0.448. The van der Waals surface area contributed by atoms with E-state index in [4.69, 9.17) is 5.26 Å². The molecule has 1 fully saturated rings. The van der Waals surface area contributed by atoms with Crippen LogP contribution in [-0.4, -0.2) is 34.1 Å². The predicted molar refractivity (Wildman–Crippen MR) is 78.0 cm³/mol. The van der Waals surface area contributed by atoms with E-state index in [1.54, 1.807) is 19.1 Å². The molecule has 0 radical (unpaired) electrons. The zero-order chi connectivity index (χ0) is 15.4. The third-order valence-electron chi connectivity index (χ3n) is 3.82. The number of nitrogens with zero attached hydrogens (tertiary/aromatic N) is 3. The Kier molecular flexibility index (Phi) is 4.55. The number of hydrogen-bond acceptors (Lipinski definition) is 5. The summed E-state index contributed by atoms with van der Waals surface area (Å²) in [6, 6.07) is 8.19. The summed E-state index contributed by atoms with van der Waals surface area (Å²) >= 11 is 0. The molecule has 0 aromatic heterocycles. The largest absolute Gasteiger partial charge is 0.393 e. The van der Waals surface area contributed by atoms with Crippen molar-refractivity contribution in [1.29, 1.82) is 5.26 Å². The summed E-state index contributed by atoms with van der Waals surface area (Å²) < 4.78 is 0. The minimum absolute atomic E-state index is 0.0262. The van der Waals surface area contributed by atoms with Gasteiger partial charge in [0.15, 0.2) is 0 Å². The lowest BCUT2D eigenvalue weighted by molar-refractivity contribution is -0.384. The molecule has 1 N–H and O–H groups in total. The molecule has 6 nitrogen and oxygen atoms in total. The molecule has 2 unspecified atom stereocenters. The summed E-state index contributed by atoms with van der Waals surface area (Å²) in [6.07, 6.45) is 1.94. The van der Waals surface area contributed by atoms with Gasteiger partial charge in [-0.25, -0.2) is 0 Å². The number of aliphatic hydroxyl groups is 1. The van der Waals surface area contributed by atoms with Crippen molar-refractivity contribution in [3.63, 3.8) is 0 Å². The van der Waals surface area contributed by atoms with Crippen molar-refractivity contribution in [3.05, 3.63) is 46.0 Å². The van der Waals surface area contributed by atoms with Crippen LogP contribution >= 0.6 is 0 Å². The van der Waals surface area contributed by atoms with Crippen molar-refractivity contribution in [2.75, 3.05) is 13.1 Å². The zero-order valence-corrected chi connectivity index (χ0v) is 11.8. The number of non-ortho nitro benzene ring substituents is 1. The Bertz CT molecular complexity index is 587. The van der Waals surface area contributed by atoms with Gasteiger partial charge in [0.2, 0.25) is 0 Å². The molecule has 2 rings (SSSR count). The number of hydrogen-bond donors (Lipinski definition) is 1. The smallest absolute Gasteiger partial charge is 0.269 e. The Morgan fingerprint density at radius 3 is 2.71 bits per heavy atom. The molecule has 2 atom stereocenters. The van der Waals surface area contributed by atoms with E-state index in [2.05, 4.69) is 0 Å². The summed E-state index contributed by atoms with van der Waals surface area (Å²) in [4.78, 5) is 12.3. The Morgan fingerprint density at radius 1 is 1.57 bits per heavy atom. The second-order valence-electron chi connectivity index (χ2n) is 5.20. The summed E-state index contributed by atoms with van der Waals surface area (Å²) in [5.74, 6) is 0.185. The fourth-order valence-electron chi connectivity index (χ4n) is 2.57. The molecule has 0 bridgehead atoms. The van der Waals surface area contributed by atoms with E-state index < -0.39 is 4.92 Å². The lowest BCUT2D eigenvalue weighted by Gasteiger charge is -2.22. The first kappa shape index (κ1) is 15.0. The average molecular weight is 287 g/mol. The van der Waals surface area contributed by atoms with Crippen molar-refractivity contribution < 1.29 is 10.0 Å². The third-order valence-corrected chi connectivity index (χ3v) is 3.82. The Labute approximate surface area is 123 Å². The van der Waals surface area contributed by atoms with Crippen LogP contribution in [0.15, 0.2) is 30.3 Å². The molecule has 0 saturated carbocycles. The number of allylic oxidation sites excluding steroid dienone is 1. The number of benzene rings is 1. The second-order valence-corrected chi connectivity index (χ2v) is 5.20. The van der Waals surface area contributed by atoms with Crippen LogP contribution in [0.25, 0.3) is 5.70 Å². The number of nitro groups is 1. The number of aliphatic hydroxyl groups excluding tert-OH is 1. The van der Waals surface area contributed by atoms with E-state index in [-0.39, 0.29) is 17.7 Å². The van der Waals surface area contributed by atoms with Gasteiger partial charge < -0.3 is 10.0 Å². The quantitative estimate of drug-likeness (QED) is 0.520. The number of nitro benzene ring substituents is 1. The summed E-state index contributed by atoms with van der Waals surface area (Å²) in [7, 11) is 0. The second kappa shape index (κ2) is 6.37. The van der Waals surface area contributed by atoms with Gasteiger partial charge in [0.05, 0.1) is 22.8 Å². The maximum absolute atomic E-state index is 10.7. The highest BCUT2D eigenvalue weighted by Gasteiger charge is 2.27. The van der Waals surface area contributed by atoms with E-state index in [1.807, 2.05) is 11.0 Å². The Balaban J connectivity index is 2.23. The molecular weight excluding hydrogens is 270 g/mol.